The number of nitrogens with two attached hydrogens (primary N) is 1. The lowest BCUT2D eigenvalue weighted by Gasteiger charge is -2.03. The summed E-state index contributed by atoms with van der Waals surface area (Å²) in [5.74, 6) is -2.13. The number of alkyl halides is 2. The number of aromatic nitrogens is 1. The largest absolute Gasteiger partial charge is 0.364 e. The van der Waals surface area contributed by atoms with E-state index >= 15 is 0 Å². The Balaban J connectivity index is 3.38. The summed E-state index contributed by atoms with van der Waals surface area (Å²) in [6, 6.07) is 0.402. The van der Waals surface area contributed by atoms with Crippen molar-refractivity contribution < 1.29 is 18.1 Å². The molecule has 0 aliphatic rings. The second-order valence-corrected chi connectivity index (χ2v) is 2.59. The predicted molar refractivity (Wildman–Crippen MR) is 43.7 cm³/mol. The normalized spacial score (nSPS) is 10.7. The van der Waals surface area contributed by atoms with Crippen molar-refractivity contribution in [1.82, 2.24) is 4.98 Å². The Morgan fingerprint density at radius 1 is 1.60 bits per heavy atom. The summed E-state index contributed by atoms with van der Waals surface area (Å²) in [5, 5.41) is 10.3. The van der Waals surface area contributed by atoms with Gasteiger partial charge in [-0.1, -0.05) is 0 Å². The summed E-state index contributed by atoms with van der Waals surface area (Å²) in [5.41, 5.74) is 3.42. The van der Waals surface area contributed by atoms with Crippen LogP contribution < -0.4 is 5.73 Å². The van der Waals surface area contributed by atoms with Crippen LogP contribution in [0.15, 0.2) is 6.07 Å². The van der Waals surface area contributed by atoms with Crippen LogP contribution in [0, 0.1) is 15.9 Å². The fraction of sp³-hybridized carbons (Fsp3) is 0.286. The number of pyridine rings is 1. The Labute approximate surface area is 81.9 Å². The molecule has 0 bridgehead atoms. The van der Waals surface area contributed by atoms with Gasteiger partial charge in [-0.15, -0.1) is 0 Å². The minimum absolute atomic E-state index is 0.402. The van der Waals surface area contributed by atoms with Gasteiger partial charge >= 0.3 is 5.82 Å². The summed E-state index contributed by atoms with van der Waals surface area (Å²) >= 11 is 0. The average molecular weight is 221 g/mol. The maximum atomic E-state index is 13.1. The summed E-state index contributed by atoms with van der Waals surface area (Å²) in [6.07, 6.45) is -3.14. The lowest BCUT2D eigenvalue weighted by molar-refractivity contribution is -0.389. The van der Waals surface area contributed by atoms with Gasteiger partial charge in [-0.25, -0.2) is 13.2 Å². The van der Waals surface area contributed by atoms with Gasteiger partial charge < -0.3 is 15.8 Å². The van der Waals surface area contributed by atoms with E-state index in [1.807, 2.05) is 0 Å². The Morgan fingerprint density at radius 2 is 2.20 bits per heavy atom. The summed E-state index contributed by atoms with van der Waals surface area (Å²) in [6.45, 7) is -0.479. The molecule has 0 amide bonds. The number of rotatable bonds is 3. The molecule has 1 rings (SSSR count). The van der Waals surface area contributed by atoms with Crippen molar-refractivity contribution in [3.63, 3.8) is 0 Å². The molecule has 0 aliphatic heterocycles. The maximum absolute atomic E-state index is 13.1. The second kappa shape index (κ2) is 4.22. The number of hydrogen-bond donors (Lipinski definition) is 1. The van der Waals surface area contributed by atoms with E-state index in [4.69, 9.17) is 5.73 Å². The molecule has 0 aromatic carbocycles. The van der Waals surface area contributed by atoms with Crippen LogP contribution in [0.25, 0.3) is 0 Å². The fourth-order valence-electron chi connectivity index (χ4n) is 0.976. The van der Waals surface area contributed by atoms with Crippen LogP contribution in [0.4, 0.5) is 19.0 Å². The molecule has 0 aliphatic carbocycles. The quantitative estimate of drug-likeness (QED) is 0.619. The third kappa shape index (κ3) is 2.21. The van der Waals surface area contributed by atoms with E-state index in [-0.39, 0.29) is 0 Å². The second-order valence-electron chi connectivity index (χ2n) is 2.59. The smallest absolute Gasteiger partial charge is 0.358 e. The monoisotopic (exact) mass is 221 g/mol. The van der Waals surface area contributed by atoms with E-state index in [2.05, 4.69) is 4.98 Å². The van der Waals surface area contributed by atoms with E-state index in [1.54, 1.807) is 0 Å². The van der Waals surface area contributed by atoms with E-state index in [0.29, 0.717) is 6.07 Å². The first kappa shape index (κ1) is 11.4. The molecule has 1 aromatic heterocycles. The number of hydrogen-bond acceptors (Lipinski definition) is 4. The summed E-state index contributed by atoms with van der Waals surface area (Å²) in [7, 11) is 0. The van der Waals surface area contributed by atoms with E-state index < -0.39 is 40.8 Å². The van der Waals surface area contributed by atoms with E-state index in [0.717, 1.165) is 0 Å². The van der Waals surface area contributed by atoms with Gasteiger partial charge in [0, 0.05) is 6.07 Å². The van der Waals surface area contributed by atoms with Gasteiger partial charge in [0.2, 0.25) is 5.69 Å². The van der Waals surface area contributed by atoms with Crippen LogP contribution in [0.1, 0.15) is 17.7 Å². The molecular weight excluding hydrogens is 215 g/mol. The zero-order valence-electron chi connectivity index (χ0n) is 7.28. The molecular formula is C7H6F3N3O2. The molecule has 0 fully saturated rings. The van der Waals surface area contributed by atoms with Gasteiger partial charge in [0.05, 0.1) is 12.1 Å². The lowest BCUT2D eigenvalue weighted by Crippen LogP contribution is -2.08. The molecule has 0 spiro atoms. The van der Waals surface area contributed by atoms with Gasteiger partial charge in [0.15, 0.2) is 5.82 Å². The Kier molecular flexibility index (Phi) is 3.20. The number of halogens is 3. The van der Waals surface area contributed by atoms with E-state index in [1.165, 1.54) is 0 Å². The van der Waals surface area contributed by atoms with Crippen molar-refractivity contribution in [3.8, 4) is 0 Å². The highest BCUT2D eigenvalue weighted by Gasteiger charge is 2.24. The molecule has 0 radical (unpaired) electrons. The summed E-state index contributed by atoms with van der Waals surface area (Å²) in [4.78, 5) is 12.5. The molecule has 8 heteroatoms. The highest BCUT2D eigenvalue weighted by Crippen LogP contribution is 2.26. The number of nitro groups is 1. The van der Waals surface area contributed by atoms with Crippen LogP contribution in [-0.4, -0.2) is 9.91 Å². The molecule has 2 N–H and O–H groups in total. The molecule has 0 unspecified atom stereocenters. The van der Waals surface area contributed by atoms with Gasteiger partial charge in [0.25, 0.3) is 6.43 Å². The van der Waals surface area contributed by atoms with Crippen molar-refractivity contribution in [2.45, 2.75) is 13.0 Å². The van der Waals surface area contributed by atoms with Gasteiger partial charge in [-0.2, -0.15) is 0 Å². The third-order valence-electron chi connectivity index (χ3n) is 1.66. The van der Waals surface area contributed by atoms with Crippen molar-refractivity contribution in [2.75, 3.05) is 0 Å². The molecule has 15 heavy (non-hydrogen) atoms. The minimum atomic E-state index is -3.14. The standard InChI is InChI=1S/C7H6F3N3O2/c8-6-3(7(9)10)1-5(13(14)15)12-4(6)2-11/h1,7H,2,11H2. The first-order valence-electron chi connectivity index (χ1n) is 3.79. The Morgan fingerprint density at radius 3 is 2.60 bits per heavy atom. The highest BCUT2D eigenvalue weighted by molar-refractivity contribution is 5.31. The predicted octanol–water partition coefficient (Wildman–Crippen LogP) is 1.53. The fourth-order valence-corrected chi connectivity index (χ4v) is 0.976. The summed E-state index contributed by atoms with van der Waals surface area (Å²) < 4.78 is 37.6. The SMILES string of the molecule is NCc1nc([N+](=O)[O-])cc(C(F)F)c1F. The highest BCUT2D eigenvalue weighted by atomic mass is 19.3. The van der Waals surface area contributed by atoms with Gasteiger partial charge in [-0.05, 0) is 9.91 Å². The van der Waals surface area contributed by atoms with Crippen LogP contribution in [0.2, 0.25) is 0 Å². The Hall–Kier alpha value is -1.70. The van der Waals surface area contributed by atoms with Crippen LogP contribution in [0.3, 0.4) is 0 Å². The molecule has 0 atom stereocenters. The van der Waals surface area contributed by atoms with Crippen molar-refractivity contribution in [1.29, 1.82) is 0 Å². The molecule has 0 saturated heterocycles. The Bertz CT molecular complexity index is 397. The molecule has 1 heterocycles. The minimum Gasteiger partial charge on any atom is -0.358 e. The van der Waals surface area contributed by atoms with Crippen molar-refractivity contribution in [2.24, 2.45) is 5.73 Å². The van der Waals surface area contributed by atoms with E-state index in [9.17, 15) is 23.3 Å². The maximum Gasteiger partial charge on any atom is 0.364 e. The lowest BCUT2D eigenvalue weighted by atomic mass is 10.2. The zero-order valence-corrected chi connectivity index (χ0v) is 7.28. The van der Waals surface area contributed by atoms with Crippen molar-refractivity contribution >= 4 is 5.82 Å². The third-order valence-corrected chi connectivity index (χ3v) is 1.66. The van der Waals surface area contributed by atoms with Crippen molar-refractivity contribution in [3.05, 3.63) is 33.3 Å². The number of nitrogens with zero attached hydrogens (tertiary/aromatic N) is 2. The van der Waals surface area contributed by atoms with Crippen LogP contribution >= 0.6 is 0 Å². The van der Waals surface area contributed by atoms with Crippen LogP contribution in [-0.2, 0) is 6.54 Å². The first-order chi connectivity index (χ1) is 6.97. The molecule has 1 aromatic rings. The molecule has 5 nitrogen and oxygen atoms in total. The zero-order chi connectivity index (χ0) is 11.6. The topological polar surface area (TPSA) is 82.0 Å². The molecule has 0 saturated carbocycles. The van der Waals surface area contributed by atoms with Crippen LogP contribution in [0.5, 0.6) is 0 Å². The molecule has 82 valence electrons. The first-order valence-corrected chi connectivity index (χ1v) is 3.79. The van der Waals surface area contributed by atoms with Gasteiger partial charge in [0.1, 0.15) is 0 Å². The average Bonchev–Trinajstić information content (AvgIpc) is 2.17. The van der Waals surface area contributed by atoms with Gasteiger partial charge in [-0.3, -0.25) is 0 Å².